The molecule has 0 bridgehead atoms. The molecule has 0 amide bonds. The number of aliphatic hydroxyl groups is 1. The summed E-state index contributed by atoms with van der Waals surface area (Å²) in [5, 5.41) is 11.1. The normalized spacial score (nSPS) is 36.0. The molecule has 0 aromatic carbocycles. The Hall–Kier alpha value is -3.60. The van der Waals surface area contributed by atoms with Gasteiger partial charge in [-0.25, -0.2) is 9.97 Å². The quantitative estimate of drug-likeness (QED) is 0.130. The van der Waals surface area contributed by atoms with Gasteiger partial charge in [0.2, 0.25) is 11.9 Å². The number of ether oxygens (including phenoxy) is 2. The average molecular weight is 672 g/mol. The van der Waals surface area contributed by atoms with Crippen molar-refractivity contribution in [1.82, 2.24) is 39.0 Å². The minimum Gasteiger partial charge on any atom is -0.756 e. The van der Waals surface area contributed by atoms with Gasteiger partial charge in [-0.2, -0.15) is 9.97 Å². The second kappa shape index (κ2) is 10.7. The second-order valence-electron chi connectivity index (χ2n) is 10.2. The number of nitrogens with zero attached hydrogens (tertiary/aromatic N) is 6. The average Bonchev–Trinajstić information content (AvgIpc) is 3.71. The van der Waals surface area contributed by atoms with Crippen molar-refractivity contribution in [1.29, 1.82) is 0 Å². The molecule has 242 valence electrons. The van der Waals surface area contributed by atoms with Crippen molar-refractivity contribution in [3.8, 4) is 0 Å². The molecule has 9 atom stereocenters. The van der Waals surface area contributed by atoms with Crippen LogP contribution in [-0.2, 0) is 36.7 Å². The fourth-order valence-electron chi connectivity index (χ4n) is 5.33. The first-order valence-electron chi connectivity index (χ1n) is 13.0. The molecule has 0 aliphatic carbocycles. The summed E-state index contributed by atoms with van der Waals surface area (Å²) in [5.41, 5.74) is 9.58. The van der Waals surface area contributed by atoms with E-state index in [9.17, 15) is 33.6 Å². The van der Waals surface area contributed by atoms with Crippen molar-refractivity contribution < 1.29 is 51.6 Å². The number of hydrogen-bond donors (Lipinski definition) is 5. The van der Waals surface area contributed by atoms with Crippen LogP contribution in [0.4, 0.5) is 11.9 Å². The summed E-state index contributed by atoms with van der Waals surface area (Å²) < 4.78 is 60.3. The molecule has 3 aliphatic rings. The Morgan fingerprint density at radius 3 is 2.04 bits per heavy atom. The van der Waals surface area contributed by atoms with Gasteiger partial charge in [-0.3, -0.25) is 37.8 Å². The van der Waals surface area contributed by atoms with Gasteiger partial charge in [0.15, 0.2) is 28.6 Å². The van der Waals surface area contributed by atoms with Crippen molar-refractivity contribution >= 4 is 49.9 Å². The van der Waals surface area contributed by atoms with Crippen molar-refractivity contribution in [2.45, 2.75) is 49.4 Å². The van der Waals surface area contributed by atoms with Crippen LogP contribution in [0, 0.1) is 0 Å². The van der Waals surface area contributed by atoms with Crippen molar-refractivity contribution in [3.05, 3.63) is 33.4 Å². The third-order valence-corrected chi connectivity index (χ3v) is 9.25. The molecule has 25 heteroatoms. The molecule has 5 unspecified atom stereocenters. The number of fused-ring (bicyclic) bond motifs is 4. The number of nitrogens with two attached hydrogens (primary N) is 2. The Labute approximate surface area is 248 Å². The lowest BCUT2D eigenvalue weighted by Gasteiger charge is -2.34. The van der Waals surface area contributed by atoms with Crippen LogP contribution < -0.4 is 32.4 Å². The standard InChI is InChI=1S/C20H24N10O13P2/c21-19-25-14-10(16(32)27-19)23-4-29(14)9-1-6-7(40-9)2-38-45(36,37)43-13-8(3-39-44(34,35)42-6)41-18(12(13)31)30-5-24-11-15(30)26-20(22)28-17(11)33/h4-9,12-13,18,31H,1-3H2,(H,34,35)(H,36,37)(H3,21,25,27,32)(H3,22,26,28,33)/p-2/t6?,7-,8-,9-,12?,13?,18-/m1/s1. The molecule has 3 aliphatic heterocycles. The Kier molecular flexibility index (Phi) is 7.18. The lowest BCUT2D eigenvalue weighted by Crippen LogP contribution is -2.39. The maximum atomic E-state index is 12.9. The maximum Gasteiger partial charge on any atom is 0.280 e. The van der Waals surface area contributed by atoms with Gasteiger partial charge < -0.3 is 53.9 Å². The number of aliphatic hydroxyl groups excluding tert-OH is 1. The van der Waals surface area contributed by atoms with E-state index in [4.69, 9.17) is 39.0 Å². The molecule has 0 radical (unpaired) electrons. The third kappa shape index (κ3) is 5.47. The Morgan fingerprint density at radius 1 is 0.844 bits per heavy atom. The van der Waals surface area contributed by atoms with Gasteiger partial charge >= 0.3 is 0 Å². The number of aromatic amines is 2. The van der Waals surface area contributed by atoms with Crippen molar-refractivity contribution in [2.75, 3.05) is 24.7 Å². The topological polar surface area (TPSA) is 335 Å². The molecule has 45 heavy (non-hydrogen) atoms. The molecule has 7 rings (SSSR count). The first kappa shape index (κ1) is 30.1. The highest BCUT2D eigenvalue weighted by Crippen LogP contribution is 2.50. The van der Waals surface area contributed by atoms with Gasteiger partial charge in [-0.1, -0.05) is 0 Å². The van der Waals surface area contributed by atoms with Crippen LogP contribution in [0.2, 0.25) is 0 Å². The number of anilines is 2. The van der Waals surface area contributed by atoms with Gasteiger partial charge in [-0.15, -0.1) is 0 Å². The van der Waals surface area contributed by atoms with Gasteiger partial charge in [0.1, 0.15) is 30.6 Å². The highest BCUT2D eigenvalue weighted by molar-refractivity contribution is 7.46. The number of phosphoric ester groups is 2. The van der Waals surface area contributed by atoms with E-state index in [1.165, 1.54) is 10.9 Å². The van der Waals surface area contributed by atoms with E-state index in [2.05, 4.69) is 29.9 Å². The summed E-state index contributed by atoms with van der Waals surface area (Å²) in [6.45, 7) is -1.66. The summed E-state index contributed by atoms with van der Waals surface area (Å²) in [7, 11) is -10.4. The van der Waals surface area contributed by atoms with E-state index in [1.807, 2.05) is 0 Å². The third-order valence-electron chi connectivity index (χ3n) is 7.28. The van der Waals surface area contributed by atoms with Crippen LogP contribution in [0.5, 0.6) is 0 Å². The van der Waals surface area contributed by atoms with Gasteiger partial charge in [0.25, 0.3) is 26.8 Å². The van der Waals surface area contributed by atoms with Crippen LogP contribution in [0.25, 0.3) is 22.3 Å². The monoisotopic (exact) mass is 672 g/mol. The number of nitrogens with one attached hydrogen (secondary N) is 2. The molecule has 7 N–H and O–H groups in total. The molecule has 4 aromatic rings. The van der Waals surface area contributed by atoms with E-state index >= 15 is 0 Å². The Balaban J connectivity index is 1.16. The number of hydrogen-bond acceptors (Lipinski definition) is 19. The lowest BCUT2D eigenvalue weighted by atomic mass is 10.1. The van der Waals surface area contributed by atoms with E-state index in [0.717, 1.165) is 10.9 Å². The number of H-pyrrole nitrogens is 2. The van der Waals surface area contributed by atoms with Crippen LogP contribution in [0.15, 0.2) is 22.2 Å². The van der Waals surface area contributed by atoms with Crippen LogP contribution in [0.3, 0.4) is 0 Å². The zero-order valence-corrected chi connectivity index (χ0v) is 24.2. The van der Waals surface area contributed by atoms with Gasteiger partial charge in [0, 0.05) is 6.42 Å². The SMILES string of the molecule is Nc1nc2c(ncn2[C@@H]2O[C@@H]3COP(=O)([O-])OC4C[C@H](n5cnc6c(=O)[nH]c(N)nc65)O[C@@H]4COP(=O)([O-])OC3C2O)c(=O)[nH]1. The predicted molar refractivity (Wildman–Crippen MR) is 140 cm³/mol. The molecular weight excluding hydrogens is 650 g/mol. The first-order chi connectivity index (χ1) is 21.3. The van der Waals surface area contributed by atoms with E-state index in [-0.39, 0.29) is 40.6 Å². The summed E-state index contributed by atoms with van der Waals surface area (Å²) in [4.78, 5) is 70.7. The Bertz CT molecular complexity index is 2010. The van der Waals surface area contributed by atoms with Crippen LogP contribution >= 0.6 is 15.6 Å². The van der Waals surface area contributed by atoms with Crippen molar-refractivity contribution in [3.63, 3.8) is 0 Å². The zero-order chi connectivity index (χ0) is 31.8. The largest absolute Gasteiger partial charge is 0.756 e. The van der Waals surface area contributed by atoms with Crippen molar-refractivity contribution in [2.24, 2.45) is 0 Å². The summed E-state index contributed by atoms with van der Waals surface area (Å²) in [6, 6.07) is 0. The zero-order valence-electron chi connectivity index (χ0n) is 22.4. The summed E-state index contributed by atoms with van der Waals surface area (Å²) in [6.07, 6.45) is -8.24. The van der Waals surface area contributed by atoms with Gasteiger partial charge in [0.05, 0.1) is 32.0 Å². The second-order valence-corrected chi connectivity index (χ2v) is 12.9. The molecule has 3 saturated heterocycles. The number of aromatic nitrogens is 8. The predicted octanol–water partition coefficient (Wildman–Crippen LogP) is -3.28. The fraction of sp³-hybridized carbons (Fsp3) is 0.500. The molecule has 7 heterocycles. The molecule has 0 spiro atoms. The highest BCUT2D eigenvalue weighted by atomic mass is 31.2. The first-order valence-corrected chi connectivity index (χ1v) is 15.9. The number of phosphoric acid groups is 2. The van der Waals surface area contributed by atoms with E-state index < -0.39 is 83.0 Å². The molecule has 23 nitrogen and oxygen atoms in total. The summed E-state index contributed by atoms with van der Waals surface area (Å²) in [5.74, 6) is -0.493. The fourth-order valence-corrected chi connectivity index (χ4v) is 7.23. The smallest absolute Gasteiger partial charge is 0.280 e. The maximum absolute atomic E-state index is 12.9. The summed E-state index contributed by atoms with van der Waals surface area (Å²) >= 11 is 0. The number of rotatable bonds is 2. The lowest BCUT2D eigenvalue weighted by molar-refractivity contribution is -0.243. The molecule has 4 aromatic heterocycles. The van der Waals surface area contributed by atoms with Gasteiger partial charge in [-0.05, 0) is 0 Å². The minimum atomic E-state index is -5.26. The van der Waals surface area contributed by atoms with E-state index in [1.54, 1.807) is 0 Å². The molecular formula is C20H22N10O13P2-2. The van der Waals surface area contributed by atoms with E-state index in [0.29, 0.717) is 0 Å². The van der Waals surface area contributed by atoms with Crippen LogP contribution in [0.1, 0.15) is 18.9 Å². The van der Waals surface area contributed by atoms with Crippen LogP contribution in [-0.4, -0.2) is 87.9 Å². The number of imidazole rings is 2. The minimum absolute atomic E-state index is 0.0144. The highest BCUT2D eigenvalue weighted by Gasteiger charge is 2.49. The molecule has 0 saturated carbocycles. The Morgan fingerprint density at radius 2 is 1.40 bits per heavy atom. The molecule has 3 fully saturated rings. The number of nitrogen functional groups attached to an aromatic ring is 2.